The van der Waals surface area contributed by atoms with E-state index in [2.05, 4.69) is 10.0 Å². The predicted octanol–water partition coefficient (Wildman–Crippen LogP) is 3.25. The molecule has 0 radical (unpaired) electrons. The number of sulfonamides is 1. The summed E-state index contributed by atoms with van der Waals surface area (Å²) in [4.78, 5) is 27.6. The highest BCUT2D eigenvalue weighted by molar-refractivity contribution is 7.89. The first-order chi connectivity index (χ1) is 18.4. The predicted molar refractivity (Wildman–Crippen MR) is 144 cm³/mol. The van der Waals surface area contributed by atoms with Gasteiger partial charge in [0.2, 0.25) is 10.0 Å². The fourth-order valence-corrected chi connectivity index (χ4v) is 4.98. The molecule has 1 heterocycles. The molecule has 0 aromatic heterocycles. The number of fused-ring (bicyclic) bond motifs is 1. The van der Waals surface area contributed by atoms with Crippen LogP contribution in [0.2, 0.25) is 0 Å². The molecule has 3 aromatic carbocycles. The maximum Gasteiger partial charge on any atom is 0.265 e. The third-order valence-corrected chi connectivity index (χ3v) is 7.47. The van der Waals surface area contributed by atoms with Crippen LogP contribution >= 0.6 is 0 Å². The molecule has 10 heteroatoms. The van der Waals surface area contributed by atoms with Crippen LogP contribution in [0.3, 0.4) is 0 Å². The van der Waals surface area contributed by atoms with Gasteiger partial charge in [-0.25, -0.2) is 13.1 Å². The van der Waals surface area contributed by atoms with Gasteiger partial charge in [0.15, 0.2) is 12.7 Å². The molecule has 2 N–H and O–H groups in total. The molecule has 0 spiro atoms. The van der Waals surface area contributed by atoms with Crippen LogP contribution in [-0.4, -0.2) is 46.0 Å². The molecular weight excluding hydrogens is 506 g/mol. The van der Waals surface area contributed by atoms with E-state index < -0.39 is 16.1 Å². The summed E-state index contributed by atoms with van der Waals surface area (Å²) in [5.74, 6) is 0.0904. The van der Waals surface area contributed by atoms with Crippen LogP contribution in [0.4, 0.5) is 5.69 Å². The Kier molecular flexibility index (Phi) is 8.98. The number of nitrogens with one attached hydrogen (secondary N) is 2. The Labute approximate surface area is 222 Å². The third-order valence-electron chi connectivity index (χ3n) is 6.00. The molecule has 38 heavy (non-hydrogen) atoms. The minimum Gasteiger partial charge on any atom is -0.484 e. The van der Waals surface area contributed by atoms with Crippen molar-refractivity contribution in [2.75, 3.05) is 24.6 Å². The van der Waals surface area contributed by atoms with E-state index >= 15 is 0 Å². The van der Waals surface area contributed by atoms with Crippen molar-refractivity contribution in [3.63, 3.8) is 0 Å². The Morgan fingerprint density at radius 1 is 1.00 bits per heavy atom. The van der Waals surface area contributed by atoms with Crippen LogP contribution in [-0.2, 0) is 26.2 Å². The zero-order chi connectivity index (χ0) is 27.0. The highest BCUT2D eigenvalue weighted by atomic mass is 32.2. The highest BCUT2D eigenvalue weighted by Gasteiger charge is 2.33. The van der Waals surface area contributed by atoms with Crippen LogP contribution in [0, 0.1) is 0 Å². The van der Waals surface area contributed by atoms with E-state index in [9.17, 15) is 18.0 Å². The molecule has 1 atom stereocenters. The van der Waals surface area contributed by atoms with Crippen molar-refractivity contribution in [1.82, 2.24) is 10.0 Å². The Balaban J connectivity index is 1.38. The van der Waals surface area contributed by atoms with Crippen molar-refractivity contribution < 1.29 is 27.5 Å². The van der Waals surface area contributed by atoms with Gasteiger partial charge in [-0.1, -0.05) is 55.8 Å². The van der Waals surface area contributed by atoms with Crippen LogP contribution < -0.4 is 24.4 Å². The number of hydrogen-bond donors (Lipinski definition) is 2. The summed E-state index contributed by atoms with van der Waals surface area (Å²) in [5, 5.41) is 2.86. The maximum atomic E-state index is 13.2. The van der Waals surface area contributed by atoms with Gasteiger partial charge in [-0.15, -0.1) is 0 Å². The van der Waals surface area contributed by atoms with Crippen molar-refractivity contribution >= 4 is 27.5 Å². The first kappa shape index (κ1) is 27.2. The summed E-state index contributed by atoms with van der Waals surface area (Å²) in [5.41, 5.74) is 1.50. The topological polar surface area (TPSA) is 114 Å². The van der Waals surface area contributed by atoms with E-state index in [1.54, 1.807) is 24.3 Å². The minimum atomic E-state index is -3.60. The van der Waals surface area contributed by atoms with Crippen molar-refractivity contribution in [1.29, 1.82) is 0 Å². The summed E-state index contributed by atoms with van der Waals surface area (Å²) < 4.78 is 38.8. The van der Waals surface area contributed by atoms with E-state index in [0.717, 1.165) is 18.4 Å². The number of ether oxygens (including phenoxy) is 2. The van der Waals surface area contributed by atoms with Gasteiger partial charge in [0.25, 0.3) is 11.8 Å². The molecule has 4 rings (SSSR count). The number of benzene rings is 3. The molecule has 0 saturated carbocycles. The molecule has 0 unspecified atom stereocenters. The lowest BCUT2D eigenvalue weighted by atomic mass is 10.1. The van der Waals surface area contributed by atoms with Gasteiger partial charge in [0.1, 0.15) is 11.5 Å². The largest absolute Gasteiger partial charge is 0.484 e. The Bertz CT molecular complexity index is 1350. The summed E-state index contributed by atoms with van der Waals surface area (Å²) >= 11 is 0. The van der Waals surface area contributed by atoms with Gasteiger partial charge >= 0.3 is 0 Å². The van der Waals surface area contributed by atoms with Crippen molar-refractivity contribution in [3.05, 3.63) is 84.4 Å². The molecule has 0 saturated heterocycles. The number of amides is 2. The normalized spacial score (nSPS) is 14.8. The van der Waals surface area contributed by atoms with Gasteiger partial charge in [0, 0.05) is 13.1 Å². The number of carbonyl (C=O) groups excluding carboxylic acids is 2. The number of carbonyl (C=O) groups is 2. The third kappa shape index (κ3) is 6.90. The average molecular weight is 538 g/mol. The summed E-state index contributed by atoms with van der Waals surface area (Å²) in [6, 6.07) is 22.4. The maximum absolute atomic E-state index is 13.2. The average Bonchev–Trinajstić information content (AvgIpc) is 2.95. The highest BCUT2D eigenvalue weighted by Crippen LogP contribution is 2.33. The second kappa shape index (κ2) is 12.6. The Morgan fingerprint density at radius 3 is 2.45 bits per heavy atom. The molecule has 1 aliphatic rings. The second-order valence-electron chi connectivity index (χ2n) is 8.79. The second-order valence-corrected chi connectivity index (χ2v) is 10.6. The minimum absolute atomic E-state index is 0.0282. The molecule has 0 aliphatic carbocycles. The molecule has 9 nitrogen and oxygen atoms in total. The summed E-state index contributed by atoms with van der Waals surface area (Å²) in [6.07, 6.45) is 0.751. The van der Waals surface area contributed by atoms with Gasteiger partial charge in [-0.3, -0.25) is 9.59 Å². The fraction of sp³-hybridized carbons (Fsp3) is 0.286. The van der Waals surface area contributed by atoms with Crippen LogP contribution in [0.1, 0.15) is 25.3 Å². The van der Waals surface area contributed by atoms with Crippen molar-refractivity contribution in [2.45, 2.75) is 37.3 Å². The number of hydrogen-bond acceptors (Lipinski definition) is 6. The van der Waals surface area contributed by atoms with Gasteiger partial charge in [-0.05, 0) is 48.4 Å². The zero-order valence-corrected chi connectivity index (χ0v) is 21.9. The fourth-order valence-electron chi connectivity index (χ4n) is 3.91. The number of anilines is 1. The van der Waals surface area contributed by atoms with Crippen molar-refractivity contribution in [3.8, 4) is 11.5 Å². The summed E-state index contributed by atoms with van der Waals surface area (Å²) in [7, 11) is -3.60. The first-order valence-electron chi connectivity index (χ1n) is 12.5. The molecule has 0 fully saturated rings. The smallest absolute Gasteiger partial charge is 0.265 e. The lowest BCUT2D eigenvalue weighted by molar-refractivity contribution is -0.128. The zero-order valence-electron chi connectivity index (χ0n) is 21.1. The van der Waals surface area contributed by atoms with E-state index in [4.69, 9.17) is 9.47 Å². The first-order valence-corrected chi connectivity index (χ1v) is 14.0. The number of nitrogens with zero attached hydrogens (tertiary/aromatic N) is 1. The SMILES string of the molecule is CCCCNS(=O)(=O)c1ccc(OCC(=O)N2C[C@H](C(=O)NCc3ccccc3)Oc3ccccc32)cc1. The lowest BCUT2D eigenvalue weighted by Crippen LogP contribution is -2.51. The van der Waals surface area contributed by atoms with Crippen LogP contribution in [0.25, 0.3) is 0 Å². The molecule has 3 aromatic rings. The molecule has 200 valence electrons. The molecule has 1 aliphatic heterocycles. The Morgan fingerprint density at radius 2 is 1.71 bits per heavy atom. The summed E-state index contributed by atoms with van der Waals surface area (Å²) in [6.45, 7) is 2.43. The molecule has 2 amide bonds. The molecule has 0 bridgehead atoms. The Hall–Kier alpha value is -3.89. The van der Waals surface area contributed by atoms with Crippen LogP contribution in [0.5, 0.6) is 11.5 Å². The number of rotatable bonds is 11. The number of unbranched alkanes of at least 4 members (excludes halogenated alkanes) is 1. The van der Waals surface area contributed by atoms with Crippen molar-refractivity contribution in [2.24, 2.45) is 0 Å². The van der Waals surface area contributed by atoms with E-state index in [1.807, 2.05) is 37.3 Å². The monoisotopic (exact) mass is 537 g/mol. The van der Waals surface area contributed by atoms with E-state index in [-0.39, 0.29) is 29.9 Å². The van der Waals surface area contributed by atoms with E-state index in [0.29, 0.717) is 30.3 Å². The van der Waals surface area contributed by atoms with Gasteiger partial charge in [-0.2, -0.15) is 0 Å². The van der Waals surface area contributed by atoms with Gasteiger partial charge in [0.05, 0.1) is 17.1 Å². The standard InChI is InChI=1S/C28H31N3O6S/c1-2-3-17-30-38(34,35)23-15-13-22(14-16-23)36-20-27(32)31-19-26(37-25-12-8-7-11-24(25)31)28(33)29-18-21-9-5-4-6-10-21/h4-16,26,30H,2-3,17-20H2,1H3,(H,29,33)/t26-/m1/s1. The van der Waals surface area contributed by atoms with Crippen LogP contribution in [0.15, 0.2) is 83.8 Å². The van der Waals surface area contributed by atoms with Gasteiger partial charge < -0.3 is 19.7 Å². The van der Waals surface area contributed by atoms with E-state index in [1.165, 1.54) is 29.2 Å². The quantitative estimate of drug-likeness (QED) is 0.363. The lowest BCUT2D eigenvalue weighted by Gasteiger charge is -2.34. The molecular formula is C28H31N3O6S. The number of para-hydroxylation sites is 2.